The first-order valence-electron chi connectivity index (χ1n) is 19.8. The van der Waals surface area contributed by atoms with Crippen LogP contribution in [0.15, 0.2) is 94.1 Å². The number of hydrazine groups is 1. The fraction of sp³-hybridized carbons (Fsp3) is 0.333. The van der Waals surface area contributed by atoms with Crippen molar-refractivity contribution in [3.63, 3.8) is 0 Å². The number of carbonyl (C=O) groups is 2. The van der Waals surface area contributed by atoms with Crippen molar-refractivity contribution in [3.8, 4) is 28.4 Å². The van der Waals surface area contributed by atoms with Gasteiger partial charge < -0.3 is 29.3 Å². The molecule has 8 rings (SSSR count). The molecule has 3 aromatic carbocycles. The minimum Gasteiger partial charge on any atom is -0.497 e. The molecule has 4 aromatic rings. The number of guanidine groups is 1. The number of carbonyl (C=O) groups excluding carboxylic acids is 2. The van der Waals surface area contributed by atoms with Gasteiger partial charge in [-0.25, -0.2) is 9.98 Å². The van der Waals surface area contributed by atoms with Crippen LogP contribution in [0.25, 0.3) is 11.1 Å². The van der Waals surface area contributed by atoms with Crippen molar-refractivity contribution in [2.24, 2.45) is 15.0 Å². The highest BCUT2D eigenvalue weighted by atomic mass is 16.5. The zero-order valence-corrected chi connectivity index (χ0v) is 34.0. The number of methoxy groups -OCH3 is 3. The Morgan fingerprint density at radius 1 is 1.02 bits per heavy atom. The van der Waals surface area contributed by atoms with Crippen LogP contribution in [0.2, 0.25) is 0 Å². The van der Waals surface area contributed by atoms with Crippen LogP contribution in [-0.2, 0) is 18.5 Å². The summed E-state index contributed by atoms with van der Waals surface area (Å²) < 4.78 is 17.1. The van der Waals surface area contributed by atoms with Gasteiger partial charge in [-0.1, -0.05) is 18.2 Å². The maximum Gasteiger partial charge on any atom is 0.272 e. The minimum absolute atomic E-state index is 0.0293. The number of fused-ring (bicyclic) bond motifs is 2. The van der Waals surface area contributed by atoms with Crippen LogP contribution in [0.1, 0.15) is 68.9 Å². The average molecular weight is 796 g/mol. The maximum absolute atomic E-state index is 14.1. The van der Waals surface area contributed by atoms with E-state index in [1.807, 2.05) is 63.3 Å². The van der Waals surface area contributed by atoms with Gasteiger partial charge >= 0.3 is 0 Å². The molecular weight excluding hydrogens is 747 g/mol. The van der Waals surface area contributed by atoms with Crippen LogP contribution in [0.3, 0.4) is 0 Å². The molecule has 304 valence electrons. The molecule has 2 amide bonds. The van der Waals surface area contributed by atoms with Crippen LogP contribution >= 0.6 is 0 Å². The summed E-state index contributed by atoms with van der Waals surface area (Å²) in [5.41, 5.74) is 10.5. The highest BCUT2D eigenvalue weighted by molar-refractivity contribution is 6.07. The third-order valence-corrected chi connectivity index (χ3v) is 11.4. The maximum atomic E-state index is 14.1. The lowest BCUT2D eigenvalue weighted by Gasteiger charge is -2.35. The van der Waals surface area contributed by atoms with E-state index >= 15 is 0 Å². The van der Waals surface area contributed by atoms with Crippen LogP contribution in [0, 0.1) is 6.92 Å². The molecule has 0 unspecified atom stereocenters. The molecule has 0 radical (unpaired) electrons. The average Bonchev–Trinajstić information content (AvgIpc) is 3.82. The van der Waals surface area contributed by atoms with Gasteiger partial charge in [0, 0.05) is 60.2 Å². The van der Waals surface area contributed by atoms with E-state index < -0.39 is 0 Å². The third kappa shape index (κ3) is 8.07. The second-order valence-corrected chi connectivity index (χ2v) is 15.3. The molecule has 14 nitrogen and oxygen atoms in total. The summed E-state index contributed by atoms with van der Waals surface area (Å²) in [6, 6.07) is 21.3. The minimum atomic E-state index is -0.133. The fourth-order valence-corrected chi connectivity index (χ4v) is 8.21. The van der Waals surface area contributed by atoms with E-state index in [-0.39, 0.29) is 17.2 Å². The van der Waals surface area contributed by atoms with Gasteiger partial charge in [0.15, 0.2) is 0 Å². The standard InChI is InChI=1S/C45H49N9O5/c1-29-11-16-36(49-39-27-54(22-19-46-2)51-44(50-39)47-25-31-12-14-33(57-3)24-38(31)58-4)41(59-5)40(29)30-13-15-34-35(23-30)45(17-18-45)28-53(42(34)55)26-32-9-8-10-37(48-32)43(56)52-20-6-7-21-52/h8-16,19,22-24H,2,6-7,17-18,20-21,25-28H2,1,3-5H3,(H2,47,49,50,51)/b22-19-. The molecule has 1 aromatic heterocycles. The number of amides is 2. The second-order valence-electron chi connectivity index (χ2n) is 15.3. The van der Waals surface area contributed by atoms with E-state index in [1.54, 1.807) is 39.8 Å². The van der Waals surface area contributed by atoms with Crippen LogP contribution < -0.4 is 25.0 Å². The summed E-state index contributed by atoms with van der Waals surface area (Å²) in [7, 11) is 4.89. The van der Waals surface area contributed by atoms with Crippen LogP contribution in [0.4, 0.5) is 5.69 Å². The lowest BCUT2D eigenvalue weighted by atomic mass is 9.83. The summed E-state index contributed by atoms with van der Waals surface area (Å²) in [5.74, 6) is 2.96. The van der Waals surface area contributed by atoms with E-state index in [0.717, 1.165) is 78.0 Å². The first-order valence-corrected chi connectivity index (χ1v) is 19.8. The van der Waals surface area contributed by atoms with E-state index in [0.29, 0.717) is 66.5 Å². The van der Waals surface area contributed by atoms with E-state index in [4.69, 9.17) is 29.2 Å². The highest BCUT2D eigenvalue weighted by Gasteiger charge is 2.51. The van der Waals surface area contributed by atoms with E-state index in [9.17, 15) is 9.59 Å². The lowest BCUT2D eigenvalue weighted by Crippen LogP contribution is -2.47. The molecule has 1 saturated carbocycles. The van der Waals surface area contributed by atoms with Crippen molar-refractivity contribution in [1.82, 2.24) is 25.2 Å². The van der Waals surface area contributed by atoms with Gasteiger partial charge in [-0.2, -0.15) is 4.99 Å². The fourth-order valence-electron chi connectivity index (χ4n) is 8.21. The van der Waals surface area contributed by atoms with Gasteiger partial charge in [-0.3, -0.25) is 25.0 Å². The summed E-state index contributed by atoms with van der Waals surface area (Å²) in [4.78, 5) is 49.1. The smallest absolute Gasteiger partial charge is 0.272 e. The summed E-state index contributed by atoms with van der Waals surface area (Å²) in [6.07, 6.45) is 7.36. The topological polar surface area (TPSA) is 146 Å². The van der Waals surface area contributed by atoms with Crippen molar-refractivity contribution < 1.29 is 23.8 Å². The quantitative estimate of drug-likeness (QED) is 0.157. The number of hydrogen-bond acceptors (Lipinski definition) is 10. The van der Waals surface area contributed by atoms with Crippen molar-refractivity contribution in [3.05, 3.63) is 113 Å². The molecule has 4 aliphatic rings. The van der Waals surface area contributed by atoms with Gasteiger partial charge in [0.1, 0.15) is 28.8 Å². The van der Waals surface area contributed by atoms with Gasteiger partial charge in [-0.15, -0.1) is 0 Å². The Kier molecular flexibility index (Phi) is 11.0. The Morgan fingerprint density at radius 3 is 2.59 bits per heavy atom. The SMILES string of the molecule is C=N/C=C\N1CC(Nc2ccc(C)c(-c3ccc4c(c3)C3(CC3)CN(Cc3cccc(C(=O)N5CCCC5)n3)C4=O)c2OC)=NC(=NCc2ccc(OC)cc2OC)N1. The monoisotopic (exact) mass is 795 g/mol. The number of aliphatic imine (C=N–C) groups is 3. The molecule has 2 N–H and O–H groups in total. The summed E-state index contributed by atoms with van der Waals surface area (Å²) in [6.45, 7) is 8.79. The zero-order valence-electron chi connectivity index (χ0n) is 34.0. The Bertz CT molecular complexity index is 2380. The second kappa shape index (κ2) is 16.6. The van der Waals surface area contributed by atoms with E-state index in [2.05, 4.69) is 41.5 Å². The molecule has 3 aliphatic heterocycles. The van der Waals surface area contributed by atoms with Crippen molar-refractivity contribution in [2.75, 3.05) is 52.8 Å². The molecule has 1 aliphatic carbocycles. The molecule has 59 heavy (non-hydrogen) atoms. The van der Waals surface area contributed by atoms with E-state index in [1.165, 1.54) is 0 Å². The largest absolute Gasteiger partial charge is 0.497 e. The Balaban J connectivity index is 1.06. The van der Waals surface area contributed by atoms with Gasteiger partial charge in [0.25, 0.3) is 11.8 Å². The number of nitrogens with one attached hydrogen (secondary N) is 2. The Morgan fingerprint density at radius 2 is 1.85 bits per heavy atom. The molecule has 14 heteroatoms. The number of benzene rings is 3. The van der Waals surface area contributed by atoms with Gasteiger partial charge in [0.2, 0.25) is 5.96 Å². The number of ether oxygens (including phenoxy) is 3. The Hall–Kier alpha value is -6.70. The summed E-state index contributed by atoms with van der Waals surface area (Å²) in [5, 5.41) is 5.33. The van der Waals surface area contributed by atoms with Gasteiger partial charge in [-0.05, 0) is 98.5 Å². The molecule has 0 bridgehead atoms. The van der Waals surface area contributed by atoms with Crippen molar-refractivity contribution in [1.29, 1.82) is 0 Å². The number of amidine groups is 1. The number of aryl methyl sites for hydroxylation is 1. The molecule has 1 saturated heterocycles. The predicted molar refractivity (Wildman–Crippen MR) is 228 cm³/mol. The van der Waals surface area contributed by atoms with Crippen LogP contribution in [0.5, 0.6) is 17.2 Å². The molecule has 4 heterocycles. The number of anilines is 1. The number of hydrogen-bond donors (Lipinski definition) is 2. The number of nitrogens with zero attached hydrogens (tertiary/aromatic N) is 7. The molecular formula is C45H49N9O5. The Labute approximate surface area is 344 Å². The molecule has 1 spiro atoms. The zero-order chi connectivity index (χ0) is 41.1. The predicted octanol–water partition coefficient (Wildman–Crippen LogP) is 6.37. The van der Waals surface area contributed by atoms with Crippen molar-refractivity contribution >= 4 is 36.0 Å². The lowest BCUT2D eigenvalue weighted by molar-refractivity contribution is 0.0696. The first kappa shape index (κ1) is 39.1. The van der Waals surface area contributed by atoms with Crippen molar-refractivity contribution in [2.45, 2.75) is 51.1 Å². The van der Waals surface area contributed by atoms with Crippen LogP contribution in [-0.4, -0.2) is 97.6 Å². The number of aromatic nitrogens is 1. The normalized spacial score (nSPS) is 17.5. The number of likely N-dealkylation sites (tertiary alicyclic amines) is 1. The number of pyridine rings is 1. The third-order valence-electron chi connectivity index (χ3n) is 11.4. The first-order chi connectivity index (χ1) is 28.7. The summed E-state index contributed by atoms with van der Waals surface area (Å²) >= 11 is 0. The highest BCUT2D eigenvalue weighted by Crippen LogP contribution is 2.54. The molecule has 0 atom stereocenters. The molecule has 2 fully saturated rings. The number of rotatable bonds is 12. The van der Waals surface area contributed by atoms with Gasteiger partial charge in [0.05, 0.1) is 52.3 Å².